The minimum atomic E-state index is -3.82. The van der Waals surface area contributed by atoms with Crippen molar-refractivity contribution in [2.45, 2.75) is 11.0 Å². The fourth-order valence-corrected chi connectivity index (χ4v) is 3.73. The van der Waals surface area contributed by atoms with E-state index >= 15 is 0 Å². The molecule has 0 aromatic heterocycles. The molecule has 1 aliphatic heterocycles. The summed E-state index contributed by atoms with van der Waals surface area (Å²) in [5, 5.41) is -0.237. The molecule has 0 unspecified atom stereocenters. The monoisotopic (exact) mass is 370 g/mol. The number of hydrogen-bond donors (Lipinski definition) is 1. The molecular formula is C16H16ClFN2O3S. The molecule has 5 nitrogen and oxygen atoms in total. The van der Waals surface area contributed by atoms with Gasteiger partial charge < -0.3 is 9.64 Å². The Morgan fingerprint density at radius 2 is 1.88 bits per heavy atom. The molecule has 0 bridgehead atoms. The Labute approximate surface area is 145 Å². The summed E-state index contributed by atoms with van der Waals surface area (Å²) in [5.41, 5.74) is 1.42. The first-order valence-electron chi connectivity index (χ1n) is 7.25. The van der Waals surface area contributed by atoms with Crippen molar-refractivity contribution in [2.24, 2.45) is 0 Å². The predicted molar refractivity (Wildman–Crippen MR) is 91.7 cm³/mol. The van der Waals surface area contributed by atoms with Crippen LogP contribution in [0.4, 0.5) is 15.8 Å². The summed E-state index contributed by atoms with van der Waals surface area (Å²) in [6, 6.07) is 10.3. The van der Waals surface area contributed by atoms with Crippen LogP contribution in [0.3, 0.4) is 0 Å². The van der Waals surface area contributed by atoms with Crippen LogP contribution in [0.5, 0.6) is 0 Å². The van der Waals surface area contributed by atoms with Crippen LogP contribution >= 0.6 is 11.6 Å². The Morgan fingerprint density at radius 3 is 2.46 bits per heavy atom. The van der Waals surface area contributed by atoms with Crippen molar-refractivity contribution in [3.63, 3.8) is 0 Å². The molecule has 1 N–H and O–H groups in total. The van der Waals surface area contributed by atoms with E-state index in [4.69, 9.17) is 16.3 Å². The molecule has 1 saturated heterocycles. The van der Waals surface area contributed by atoms with E-state index in [0.29, 0.717) is 5.69 Å². The second kappa shape index (κ2) is 6.58. The molecule has 1 aliphatic rings. The zero-order valence-electron chi connectivity index (χ0n) is 12.9. The average molecular weight is 371 g/mol. The SMILES string of the molecule is COC1CN(c2ccc(NS(=O)(=O)c3ccc(F)c(Cl)c3)cc2)C1. The maximum atomic E-state index is 13.2. The molecule has 24 heavy (non-hydrogen) atoms. The third-order valence-electron chi connectivity index (χ3n) is 3.87. The number of halogens is 2. The van der Waals surface area contributed by atoms with Crippen molar-refractivity contribution in [1.29, 1.82) is 0 Å². The van der Waals surface area contributed by atoms with Gasteiger partial charge in [-0.05, 0) is 42.5 Å². The largest absolute Gasteiger partial charge is 0.378 e. The second-order valence-corrected chi connectivity index (χ2v) is 7.58. The summed E-state index contributed by atoms with van der Waals surface area (Å²) in [6.07, 6.45) is 0.242. The van der Waals surface area contributed by atoms with Crippen molar-refractivity contribution in [1.82, 2.24) is 0 Å². The summed E-state index contributed by atoms with van der Waals surface area (Å²) >= 11 is 5.64. The summed E-state index contributed by atoms with van der Waals surface area (Å²) in [6.45, 7) is 1.63. The van der Waals surface area contributed by atoms with E-state index in [9.17, 15) is 12.8 Å². The molecule has 8 heteroatoms. The lowest BCUT2D eigenvalue weighted by atomic mass is 10.1. The van der Waals surface area contributed by atoms with E-state index in [2.05, 4.69) is 9.62 Å². The van der Waals surface area contributed by atoms with E-state index < -0.39 is 15.8 Å². The van der Waals surface area contributed by atoms with Gasteiger partial charge in [-0.25, -0.2) is 12.8 Å². The van der Waals surface area contributed by atoms with Crippen LogP contribution in [0.1, 0.15) is 0 Å². The van der Waals surface area contributed by atoms with Gasteiger partial charge in [0, 0.05) is 31.6 Å². The van der Waals surface area contributed by atoms with E-state index in [-0.39, 0.29) is 16.0 Å². The van der Waals surface area contributed by atoms with Gasteiger partial charge in [0.15, 0.2) is 0 Å². The fourth-order valence-electron chi connectivity index (χ4n) is 2.40. The molecule has 2 aromatic carbocycles. The average Bonchev–Trinajstić information content (AvgIpc) is 2.50. The Morgan fingerprint density at radius 1 is 1.21 bits per heavy atom. The smallest absolute Gasteiger partial charge is 0.261 e. The third kappa shape index (κ3) is 3.48. The second-order valence-electron chi connectivity index (χ2n) is 5.49. The topological polar surface area (TPSA) is 58.6 Å². The van der Waals surface area contributed by atoms with Gasteiger partial charge in [-0.1, -0.05) is 11.6 Å². The van der Waals surface area contributed by atoms with E-state index in [0.717, 1.165) is 30.9 Å². The highest BCUT2D eigenvalue weighted by atomic mass is 35.5. The number of sulfonamides is 1. The molecule has 128 valence electrons. The van der Waals surface area contributed by atoms with Gasteiger partial charge in [0.1, 0.15) is 5.82 Å². The minimum Gasteiger partial charge on any atom is -0.378 e. The number of rotatable bonds is 5. The third-order valence-corrected chi connectivity index (χ3v) is 5.54. The molecule has 0 amide bonds. The molecule has 1 fully saturated rings. The lowest BCUT2D eigenvalue weighted by Crippen LogP contribution is -2.51. The number of ether oxygens (including phenoxy) is 1. The summed E-state index contributed by atoms with van der Waals surface area (Å²) in [5.74, 6) is -0.663. The van der Waals surface area contributed by atoms with Crippen LogP contribution in [0.25, 0.3) is 0 Å². The summed E-state index contributed by atoms with van der Waals surface area (Å²) in [7, 11) is -2.14. The van der Waals surface area contributed by atoms with Crippen molar-refractivity contribution >= 4 is 33.0 Å². The van der Waals surface area contributed by atoms with Crippen LogP contribution in [-0.4, -0.2) is 34.7 Å². The molecule has 0 radical (unpaired) electrons. The van der Waals surface area contributed by atoms with Crippen LogP contribution in [-0.2, 0) is 14.8 Å². The number of anilines is 2. The first-order chi connectivity index (χ1) is 11.4. The first kappa shape index (κ1) is 17.0. The van der Waals surface area contributed by atoms with Crippen molar-refractivity contribution in [3.8, 4) is 0 Å². The van der Waals surface area contributed by atoms with Crippen molar-refractivity contribution in [3.05, 3.63) is 53.3 Å². The number of methoxy groups -OCH3 is 1. The number of hydrogen-bond acceptors (Lipinski definition) is 4. The standard InChI is InChI=1S/C16H16ClFN2O3S/c1-23-13-9-20(10-13)12-4-2-11(3-5-12)19-24(21,22)14-6-7-16(18)15(17)8-14/h2-8,13,19H,9-10H2,1H3. The van der Waals surface area contributed by atoms with Crippen LogP contribution in [0.15, 0.2) is 47.4 Å². The van der Waals surface area contributed by atoms with Crippen LogP contribution in [0.2, 0.25) is 5.02 Å². The Kier molecular flexibility index (Phi) is 4.67. The Balaban J connectivity index is 1.72. The fraction of sp³-hybridized carbons (Fsp3) is 0.250. The minimum absolute atomic E-state index is 0.0938. The highest BCUT2D eigenvalue weighted by Crippen LogP contribution is 2.26. The molecule has 2 aromatic rings. The van der Waals surface area contributed by atoms with Crippen LogP contribution in [0, 0.1) is 5.82 Å². The number of benzene rings is 2. The highest BCUT2D eigenvalue weighted by molar-refractivity contribution is 7.92. The molecular weight excluding hydrogens is 355 g/mol. The van der Waals surface area contributed by atoms with Crippen molar-refractivity contribution < 1.29 is 17.5 Å². The van der Waals surface area contributed by atoms with Gasteiger partial charge in [-0.2, -0.15) is 0 Å². The van der Waals surface area contributed by atoms with E-state index in [1.807, 2.05) is 12.1 Å². The number of nitrogens with one attached hydrogen (secondary N) is 1. The zero-order chi connectivity index (χ0) is 17.3. The quantitative estimate of drug-likeness (QED) is 0.878. The Bertz CT molecular complexity index is 837. The normalized spacial score (nSPS) is 15.2. The Hall–Kier alpha value is -1.83. The van der Waals surface area contributed by atoms with Gasteiger partial charge in [0.05, 0.1) is 16.0 Å². The lowest BCUT2D eigenvalue weighted by molar-refractivity contribution is 0.0788. The zero-order valence-corrected chi connectivity index (χ0v) is 14.4. The maximum absolute atomic E-state index is 13.2. The van der Waals surface area contributed by atoms with Gasteiger partial charge in [0.25, 0.3) is 10.0 Å². The first-order valence-corrected chi connectivity index (χ1v) is 9.11. The van der Waals surface area contributed by atoms with Crippen molar-refractivity contribution in [2.75, 3.05) is 29.8 Å². The maximum Gasteiger partial charge on any atom is 0.261 e. The molecule has 0 saturated carbocycles. The summed E-state index contributed by atoms with van der Waals surface area (Å²) < 4.78 is 45.5. The van der Waals surface area contributed by atoms with Gasteiger partial charge >= 0.3 is 0 Å². The highest BCUT2D eigenvalue weighted by Gasteiger charge is 2.26. The van der Waals surface area contributed by atoms with Gasteiger partial charge in [-0.3, -0.25) is 4.72 Å². The van der Waals surface area contributed by atoms with Gasteiger partial charge in [-0.15, -0.1) is 0 Å². The summed E-state index contributed by atoms with van der Waals surface area (Å²) in [4.78, 5) is 2.04. The van der Waals surface area contributed by atoms with E-state index in [1.54, 1.807) is 19.2 Å². The molecule has 0 atom stereocenters. The predicted octanol–water partition coefficient (Wildman–Crippen LogP) is 3.11. The number of nitrogens with zero attached hydrogens (tertiary/aromatic N) is 1. The van der Waals surface area contributed by atoms with Crippen LogP contribution < -0.4 is 9.62 Å². The van der Waals surface area contributed by atoms with Gasteiger partial charge in [0.2, 0.25) is 0 Å². The van der Waals surface area contributed by atoms with E-state index in [1.165, 1.54) is 6.07 Å². The molecule has 0 spiro atoms. The molecule has 0 aliphatic carbocycles. The molecule has 1 heterocycles. The molecule has 3 rings (SSSR count). The lowest BCUT2D eigenvalue weighted by Gasteiger charge is -2.40.